The fourth-order valence-electron chi connectivity index (χ4n) is 2.98. The van der Waals surface area contributed by atoms with Crippen molar-refractivity contribution in [3.8, 4) is 0 Å². The van der Waals surface area contributed by atoms with Gasteiger partial charge < -0.3 is 20.7 Å². The van der Waals surface area contributed by atoms with Crippen LogP contribution in [0.15, 0.2) is 24.3 Å². The Morgan fingerprint density at radius 2 is 1.88 bits per heavy atom. The molecule has 26 heavy (non-hydrogen) atoms. The first-order valence-electron chi connectivity index (χ1n) is 8.77. The van der Waals surface area contributed by atoms with E-state index >= 15 is 0 Å². The highest BCUT2D eigenvalue weighted by Gasteiger charge is 2.32. The molecule has 142 valence electrons. The molecule has 1 heterocycles. The number of primary amides is 1. The third kappa shape index (κ3) is 5.21. The Labute approximate surface area is 153 Å². The number of benzene rings is 1. The molecule has 1 aliphatic rings. The van der Waals surface area contributed by atoms with Crippen molar-refractivity contribution in [2.45, 2.75) is 58.2 Å². The van der Waals surface area contributed by atoms with Crippen LogP contribution in [-0.4, -0.2) is 47.0 Å². The lowest BCUT2D eigenvalue weighted by molar-refractivity contribution is 0.00959. The van der Waals surface area contributed by atoms with E-state index in [0.717, 1.165) is 0 Å². The molecule has 3 N–H and O–H groups in total. The van der Waals surface area contributed by atoms with Gasteiger partial charge in [0.1, 0.15) is 5.60 Å². The van der Waals surface area contributed by atoms with Crippen molar-refractivity contribution in [3.05, 3.63) is 35.4 Å². The Bertz CT molecular complexity index is 696. The van der Waals surface area contributed by atoms with Crippen molar-refractivity contribution in [2.24, 2.45) is 5.73 Å². The predicted octanol–water partition coefficient (Wildman–Crippen LogP) is 2.30. The van der Waals surface area contributed by atoms with E-state index in [1.807, 2.05) is 27.7 Å². The number of amides is 3. The Kier molecular flexibility index (Phi) is 5.90. The van der Waals surface area contributed by atoms with Crippen molar-refractivity contribution in [3.63, 3.8) is 0 Å². The van der Waals surface area contributed by atoms with Gasteiger partial charge in [-0.3, -0.25) is 9.59 Å². The molecule has 0 bridgehead atoms. The summed E-state index contributed by atoms with van der Waals surface area (Å²) >= 11 is 0. The molecule has 1 aliphatic heterocycles. The molecular formula is C19H27N3O4. The minimum Gasteiger partial charge on any atom is -0.444 e. The average Bonchev–Trinajstić information content (AvgIpc) is 2.53. The molecule has 1 fully saturated rings. The normalized spacial score (nSPS) is 20.4. The second kappa shape index (κ2) is 7.76. The summed E-state index contributed by atoms with van der Waals surface area (Å²) in [5.74, 6) is -0.824. The van der Waals surface area contributed by atoms with E-state index in [1.165, 1.54) is 6.07 Å². The molecule has 0 unspecified atom stereocenters. The predicted molar refractivity (Wildman–Crippen MR) is 97.9 cm³/mol. The zero-order valence-electron chi connectivity index (χ0n) is 15.7. The van der Waals surface area contributed by atoms with Crippen molar-refractivity contribution >= 4 is 17.9 Å². The van der Waals surface area contributed by atoms with Gasteiger partial charge >= 0.3 is 6.09 Å². The molecule has 1 aromatic carbocycles. The molecule has 0 spiro atoms. The number of carbonyl (C=O) groups is 3. The van der Waals surface area contributed by atoms with E-state index in [4.69, 9.17) is 10.5 Å². The Morgan fingerprint density at radius 3 is 2.46 bits per heavy atom. The number of piperidine rings is 1. The number of rotatable bonds is 3. The Morgan fingerprint density at radius 1 is 1.23 bits per heavy atom. The highest BCUT2D eigenvalue weighted by atomic mass is 16.6. The average molecular weight is 361 g/mol. The fraction of sp³-hybridized carbons (Fsp3) is 0.526. The molecule has 7 nitrogen and oxygen atoms in total. The van der Waals surface area contributed by atoms with Crippen LogP contribution in [0.5, 0.6) is 0 Å². The molecule has 7 heteroatoms. The largest absolute Gasteiger partial charge is 0.444 e. The van der Waals surface area contributed by atoms with E-state index < -0.39 is 11.5 Å². The molecule has 0 saturated carbocycles. The van der Waals surface area contributed by atoms with Crippen LogP contribution < -0.4 is 11.1 Å². The molecule has 3 amide bonds. The lowest BCUT2D eigenvalue weighted by Crippen LogP contribution is -2.52. The summed E-state index contributed by atoms with van der Waals surface area (Å²) in [5, 5.41) is 2.97. The number of hydrogen-bond donors (Lipinski definition) is 2. The summed E-state index contributed by atoms with van der Waals surface area (Å²) in [4.78, 5) is 37.6. The number of hydrogen-bond acceptors (Lipinski definition) is 4. The SMILES string of the molecule is C[C@H]1C[C@H](NC(=O)c2cccc(C(N)=O)c2)CCN1C(=O)OC(C)(C)C. The van der Waals surface area contributed by atoms with Gasteiger partial charge in [0.2, 0.25) is 5.91 Å². The van der Waals surface area contributed by atoms with E-state index in [-0.39, 0.29) is 24.1 Å². The van der Waals surface area contributed by atoms with E-state index in [1.54, 1.807) is 23.1 Å². The quantitative estimate of drug-likeness (QED) is 0.862. The summed E-state index contributed by atoms with van der Waals surface area (Å²) in [6, 6.07) is 6.23. The number of carbonyl (C=O) groups excluding carboxylic acids is 3. The Balaban J connectivity index is 1.95. The molecule has 1 saturated heterocycles. The third-order valence-corrected chi connectivity index (χ3v) is 4.25. The fourth-order valence-corrected chi connectivity index (χ4v) is 2.98. The van der Waals surface area contributed by atoms with Crippen LogP contribution in [0, 0.1) is 0 Å². The first kappa shape index (κ1) is 19.8. The van der Waals surface area contributed by atoms with Gasteiger partial charge in [0.15, 0.2) is 0 Å². The van der Waals surface area contributed by atoms with E-state index in [0.29, 0.717) is 30.5 Å². The van der Waals surface area contributed by atoms with Crippen LogP contribution in [0.3, 0.4) is 0 Å². The van der Waals surface area contributed by atoms with Gasteiger partial charge in [-0.05, 0) is 58.7 Å². The van der Waals surface area contributed by atoms with Gasteiger partial charge in [0.05, 0.1) is 0 Å². The van der Waals surface area contributed by atoms with Crippen molar-refractivity contribution in [1.82, 2.24) is 10.2 Å². The van der Waals surface area contributed by atoms with Crippen LogP contribution in [0.2, 0.25) is 0 Å². The molecule has 2 atom stereocenters. The maximum absolute atomic E-state index is 12.4. The second-order valence-corrected chi connectivity index (χ2v) is 7.66. The van der Waals surface area contributed by atoms with Crippen LogP contribution in [0.25, 0.3) is 0 Å². The summed E-state index contributed by atoms with van der Waals surface area (Å²) in [7, 11) is 0. The molecule has 0 radical (unpaired) electrons. The van der Waals surface area contributed by atoms with Gasteiger partial charge in [-0.1, -0.05) is 6.07 Å². The lowest BCUT2D eigenvalue weighted by Gasteiger charge is -2.38. The minimum atomic E-state index is -0.570. The van der Waals surface area contributed by atoms with E-state index in [2.05, 4.69) is 5.32 Å². The first-order chi connectivity index (χ1) is 12.1. The van der Waals surface area contributed by atoms with Crippen molar-refractivity contribution < 1.29 is 19.1 Å². The second-order valence-electron chi connectivity index (χ2n) is 7.66. The topological polar surface area (TPSA) is 102 Å². The summed E-state index contributed by atoms with van der Waals surface area (Å²) in [6.45, 7) is 7.96. The maximum Gasteiger partial charge on any atom is 0.410 e. The number of ether oxygens (including phenoxy) is 1. The van der Waals surface area contributed by atoms with Gasteiger partial charge in [0, 0.05) is 29.8 Å². The monoisotopic (exact) mass is 361 g/mol. The molecule has 0 aromatic heterocycles. The molecule has 1 aromatic rings. The van der Waals surface area contributed by atoms with Crippen LogP contribution in [0.1, 0.15) is 61.3 Å². The molecular weight excluding hydrogens is 334 g/mol. The van der Waals surface area contributed by atoms with Crippen LogP contribution >= 0.6 is 0 Å². The van der Waals surface area contributed by atoms with Crippen molar-refractivity contribution in [2.75, 3.05) is 6.54 Å². The van der Waals surface area contributed by atoms with Gasteiger partial charge in [-0.2, -0.15) is 0 Å². The maximum atomic E-state index is 12.4. The van der Waals surface area contributed by atoms with Crippen molar-refractivity contribution in [1.29, 1.82) is 0 Å². The standard InChI is InChI=1S/C19H27N3O4/c1-12-10-15(8-9-22(12)18(25)26-19(2,3)4)21-17(24)14-7-5-6-13(11-14)16(20)23/h5-7,11-12,15H,8-10H2,1-4H3,(H2,20,23)(H,21,24)/t12-,15+/m0/s1. The molecule has 2 rings (SSSR count). The lowest BCUT2D eigenvalue weighted by atomic mass is 9.98. The van der Waals surface area contributed by atoms with Gasteiger partial charge in [-0.15, -0.1) is 0 Å². The number of nitrogens with two attached hydrogens (primary N) is 1. The first-order valence-corrected chi connectivity index (χ1v) is 8.77. The zero-order chi connectivity index (χ0) is 19.5. The summed E-state index contributed by atoms with van der Waals surface area (Å²) in [6.07, 6.45) is 0.953. The summed E-state index contributed by atoms with van der Waals surface area (Å²) < 4.78 is 5.42. The van der Waals surface area contributed by atoms with Gasteiger partial charge in [-0.25, -0.2) is 4.79 Å². The highest BCUT2D eigenvalue weighted by Crippen LogP contribution is 2.21. The number of nitrogens with zero attached hydrogens (tertiary/aromatic N) is 1. The smallest absolute Gasteiger partial charge is 0.410 e. The number of nitrogens with one attached hydrogen (secondary N) is 1. The molecule has 0 aliphatic carbocycles. The van der Waals surface area contributed by atoms with Crippen LogP contribution in [-0.2, 0) is 4.74 Å². The zero-order valence-corrected chi connectivity index (χ0v) is 15.7. The number of likely N-dealkylation sites (tertiary alicyclic amines) is 1. The third-order valence-electron chi connectivity index (χ3n) is 4.25. The minimum absolute atomic E-state index is 0.0409. The van der Waals surface area contributed by atoms with Gasteiger partial charge in [0.25, 0.3) is 5.91 Å². The summed E-state index contributed by atoms with van der Waals surface area (Å²) in [5.41, 5.74) is 5.41. The Hall–Kier alpha value is -2.57. The van der Waals surface area contributed by atoms with E-state index in [9.17, 15) is 14.4 Å². The van der Waals surface area contributed by atoms with Crippen LogP contribution in [0.4, 0.5) is 4.79 Å². The highest BCUT2D eigenvalue weighted by molar-refractivity contribution is 5.99.